The molecule has 3 rings (SSSR count). The van der Waals surface area contributed by atoms with Crippen LogP contribution in [0.15, 0.2) is 12.3 Å². The van der Waals surface area contributed by atoms with Crippen molar-refractivity contribution < 1.29 is 14.0 Å². The predicted octanol–water partition coefficient (Wildman–Crippen LogP) is 1.84. The second-order valence-electron chi connectivity index (χ2n) is 7.78. The molecule has 2 N–H and O–H groups in total. The van der Waals surface area contributed by atoms with Gasteiger partial charge in [-0.05, 0) is 24.8 Å². The van der Waals surface area contributed by atoms with Gasteiger partial charge in [0.15, 0.2) is 5.65 Å². The van der Waals surface area contributed by atoms with Gasteiger partial charge in [-0.15, -0.1) is 0 Å². The third-order valence-corrected chi connectivity index (χ3v) is 4.55. The number of carbonyl (C=O) groups excluding carboxylic acids is 2. The topological polar surface area (TPSA) is 91.0 Å². The Morgan fingerprint density at radius 3 is 2.81 bits per heavy atom. The minimum Gasteiger partial charge on any atom is -0.351 e. The summed E-state index contributed by atoms with van der Waals surface area (Å²) in [5, 5.41) is 2.91. The minimum atomic E-state index is -1.00. The van der Waals surface area contributed by atoms with E-state index in [1.807, 2.05) is 13.8 Å². The highest BCUT2D eigenvalue weighted by atomic mass is 19.1. The van der Waals surface area contributed by atoms with E-state index in [0.29, 0.717) is 42.1 Å². The summed E-state index contributed by atoms with van der Waals surface area (Å²) >= 11 is 0. The van der Waals surface area contributed by atoms with Gasteiger partial charge in [-0.25, -0.2) is 14.4 Å². The highest BCUT2D eigenvalue weighted by molar-refractivity contribution is 6.04. The van der Waals surface area contributed by atoms with E-state index in [9.17, 15) is 14.0 Å². The van der Waals surface area contributed by atoms with Crippen LogP contribution in [-0.4, -0.2) is 58.0 Å². The zero-order chi connectivity index (χ0) is 19.1. The number of pyridine rings is 1. The summed E-state index contributed by atoms with van der Waals surface area (Å²) < 4.78 is 13.1. The third-order valence-electron chi connectivity index (χ3n) is 4.55. The van der Waals surface area contributed by atoms with Gasteiger partial charge < -0.3 is 15.2 Å². The Morgan fingerprint density at radius 2 is 2.15 bits per heavy atom. The van der Waals surface area contributed by atoms with E-state index >= 15 is 0 Å². The molecule has 140 valence electrons. The minimum absolute atomic E-state index is 0.166. The first-order valence-electron chi connectivity index (χ1n) is 8.66. The number of imidazole rings is 1. The average molecular weight is 361 g/mol. The molecule has 2 aromatic heterocycles. The molecule has 2 amide bonds. The van der Waals surface area contributed by atoms with Gasteiger partial charge in [0.2, 0.25) is 5.91 Å². The number of hydrogen-bond acceptors (Lipinski definition) is 4. The van der Waals surface area contributed by atoms with Crippen molar-refractivity contribution in [2.75, 3.05) is 20.1 Å². The number of aryl methyl sites for hydroxylation is 1. The van der Waals surface area contributed by atoms with Crippen LogP contribution in [0.2, 0.25) is 0 Å². The summed E-state index contributed by atoms with van der Waals surface area (Å²) in [7, 11) is 1.68. The Morgan fingerprint density at radius 1 is 1.46 bits per heavy atom. The number of H-pyrrole nitrogens is 1. The number of rotatable bonds is 6. The number of fused-ring (bicyclic) bond motifs is 1. The Bertz CT molecular complexity index is 847. The van der Waals surface area contributed by atoms with Crippen molar-refractivity contribution in [1.29, 1.82) is 0 Å². The number of aromatic amines is 1. The molecule has 2 aromatic rings. The largest absolute Gasteiger partial charge is 0.351 e. The van der Waals surface area contributed by atoms with Crippen LogP contribution in [0.25, 0.3) is 11.2 Å². The fourth-order valence-corrected chi connectivity index (χ4v) is 3.11. The normalized spacial score (nSPS) is 19.4. The number of halogens is 1. The van der Waals surface area contributed by atoms with Gasteiger partial charge in [-0.1, -0.05) is 13.8 Å². The molecule has 1 saturated carbocycles. The fraction of sp³-hybridized carbons (Fsp3) is 0.556. The van der Waals surface area contributed by atoms with Crippen LogP contribution in [0.4, 0.5) is 4.39 Å². The van der Waals surface area contributed by atoms with Crippen LogP contribution < -0.4 is 5.32 Å². The van der Waals surface area contributed by atoms with E-state index in [2.05, 4.69) is 20.3 Å². The summed E-state index contributed by atoms with van der Waals surface area (Å²) in [6.07, 6.45) is 0.875. The molecule has 0 aliphatic heterocycles. The lowest BCUT2D eigenvalue weighted by Gasteiger charge is -2.30. The van der Waals surface area contributed by atoms with Crippen molar-refractivity contribution in [1.82, 2.24) is 25.2 Å². The van der Waals surface area contributed by atoms with Gasteiger partial charge in [0.1, 0.15) is 12.0 Å². The number of aromatic nitrogens is 3. The highest BCUT2D eigenvalue weighted by Crippen LogP contribution is 2.35. The first-order chi connectivity index (χ1) is 12.2. The number of nitrogens with zero attached hydrogens (tertiary/aromatic N) is 3. The van der Waals surface area contributed by atoms with Gasteiger partial charge in [0.05, 0.1) is 17.0 Å². The Balaban J connectivity index is 1.61. The predicted molar refractivity (Wildman–Crippen MR) is 95.4 cm³/mol. The molecule has 0 saturated heterocycles. The van der Waals surface area contributed by atoms with E-state index in [-0.39, 0.29) is 17.2 Å². The lowest BCUT2D eigenvalue weighted by molar-refractivity contribution is -0.132. The molecule has 26 heavy (non-hydrogen) atoms. The van der Waals surface area contributed by atoms with Gasteiger partial charge in [-0.3, -0.25) is 9.59 Å². The first-order valence-corrected chi connectivity index (χ1v) is 8.66. The molecular weight excluding hydrogens is 337 g/mol. The first kappa shape index (κ1) is 18.3. The fourth-order valence-electron chi connectivity index (χ4n) is 3.11. The molecule has 7 nitrogen and oxygen atoms in total. The summed E-state index contributed by atoms with van der Waals surface area (Å²) in [5.74, 6) is -0.187. The van der Waals surface area contributed by atoms with Crippen LogP contribution >= 0.6 is 0 Å². The zero-order valence-electron chi connectivity index (χ0n) is 15.5. The van der Waals surface area contributed by atoms with Crippen molar-refractivity contribution in [2.24, 2.45) is 11.3 Å². The van der Waals surface area contributed by atoms with E-state index in [1.54, 1.807) is 31.1 Å². The molecule has 0 bridgehead atoms. The molecule has 1 aliphatic carbocycles. The van der Waals surface area contributed by atoms with E-state index < -0.39 is 12.1 Å². The quantitative estimate of drug-likeness (QED) is 0.821. The van der Waals surface area contributed by atoms with Crippen LogP contribution in [-0.2, 0) is 4.79 Å². The summed E-state index contributed by atoms with van der Waals surface area (Å²) in [6.45, 7) is 6.54. The Labute approximate surface area is 151 Å². The molecule has 1 aliphatic rings. The second kappa shape index (κ2) is 6.66. The van der Waals surface area contributed by atoms with Crippen molar-refractivity contribution in [3.63, 3.8) is 0 Å². The van der Waals surface area contributed by atoms with Gasteiger partial charge in [-0.2, -0.15) is 0 Å². The maximum Gasteiger partial charge on any atom is 0.253 e. The van der Waals surface area contributed by atoms with E-state index in [4.69, 9.17) is 0 Å². The number of alkyl halides is 1. The Kier molecular flexibility index (Phi) is 4.68. The number of nitrogens with one attached hydrogen (secondary N) is 2. The summed E-state index contributed by atoms with van der Waals surface area (Å²) in [5.41, 5.74) is 1.24. The molecule has 0 spiro atoms. The molecule has 0 aromatic carbocycles. The van der Waals surface area contributed by atoms with Crippen LogP contribution in [0.1, 0.15) is 36.5 Å². The van der Waals surface area contributed by atoms with Crippen LogP contribution in [0.3, 0.4) is 0 Å². The van der Waals surface area contributed by atoms with Crippen molar-refractivity contribution in [3.8, 4) is 0 Å². The average Bonchev–Trinajstić information content (AvgIpc) is 3.16. The maximum absolute atomic E-state index is 13.1. The number of hydrogen-bond donors (Lipinski definition) is 2. The molecule has 0 unspecified atom stereocenters. The van der Waals surface area contributed by atoms with Gasteiger partial charge in [0.25, 0.3) is 5.91 Å². The SMILES string of the molecule is Cc1nc2nccc(C(=O)NCC(C)(C)CN(C)C(=O)[C@@H]3C[C@H]3F)c2[nH]1. The van der Waals surface area contributed by atoms with Crippen molar-refractivity contribution in [3.05, 3.63) is 23.7 Å². The highest BCUT2D eigenvalue weighted by Gasteiger charge is 2.45. The monoisotopic (exact) mass is 361 g/mol. The molecular formula is C18H24FN5O2. The van der Waals surface area contributed by atoms with Gasteiger partial charge >= 0.3 is 0 Å². The molecule has 2 atom stereocenters. The van der Waals surface area contributed by atoms with E-state index in [0.717, 1.165) is 0 Å². The smallest absolute Gasteiger partial charge is 0.253 e. The van der Waals surface area contributed by atoms with Crippen LogP contribution in [0, 0.1) is 18.3 Å². The lowest BCUT2D eigenvalue weighted by atomic mass is 9.92. The maximum atomic E-state index is 13.1. The second-order valence-corrected chi connectivity index (χ2v) is 7.78. The lowest BCUT2D eigenvalue weighted by Crippen LogP contribution is -2.43. The summed E-state index contributed by atoms with van der Waals surface area (Å²) in [6, 6.07) is 1.65. The van der Waals surface area contributed by atoms with Crippen LogP contribution in [0.5, 0.6) is 0 Å². The molecule has 8 heteroatoms. The molecule has 0 radical (unpaired) electrons. The number of carbonyl (C=O) groups is 2. The Hall–Kier alpha value is -2.51. The standard InChI is InChI=1S/C18H24FN5O2/c1-10-22-14-11(5-6-20-15(14)23-10)16(25)21-8-18(2,3)9-24(4)17(26)12-7-13(12)19/h5-6,12-13H,7-9H2,1-4H3,(H,21,25)(H,20,22,23)/t12-,13-/m1/s1. The molecule has 2 heterocycles. The van der Waals surface area contributed by atoms with E-state index in [1.165, 1.54) is 0 Å². The third kappa shape index (κ3) is 3.84. The summed E-state index contributed by atoms with van der Waals surface area (Å²) in [4.78, 5) is 37.6. The zero-order valence-corrected chi connectivity index (χ0v) is 15.5. The molecule has 1 fully saturated rings. The van der Waals surface area contributed by atoms with Gasteiger partial charge in [0, 0.05) is 26.3 Å². The van der Waals surface area contributed by atoms with Crippen molar-refractivity contribution in [2.45, 2.75) is 33.4 Å². The van der Waals surface area contributed by atoms with Crippen molar-refractivity contribution >= 4 is 23.0 Å². The number of amides is 2.